The normalized spacial score (nSPS) is 16.6. The number of aromatic amines is 1. The van der Waals surface area contributed by atoms with Crippen molar-refractivity contribution in [2.24, 2.45) is 0 Å². The Morgan fingerprint density at radius 3 is 2.97 bits per heavy atom. The van der Waals surface area contributed by atoms with Gasteiger partial charge in [0.05, 0.1) is 11.4 Å². The van der Waals surface area contributed by atoms with Crippen LogP contribution in [0.3, 0.4) is 0 Å². The lowest BCUT2D eigenvalue weighted by molar-refractivity contribution is 0.0709. The van der Waals surface area contributed by atoms with Crippen molar-refractivity contribution in [1.82, 2.24) is 29.9 Å². The van der Waals surface area contributed by atoms with Crippen molar-refractivity contribution in [1.29, 1.82) is 0 Å². The van der Waals surface area contributed by atoms with Gasteiger partial charge >= 0.3 is 0 Å². The predicted molar refractivity (Wildman–Crippen MR) is 123 cm³/mol. The summed E-state index contributed by atoms with van der Waals surface area (Å²) in [5.41, 5.74) is 3.86. The smallest absolute Gasteiger partial charge is 0.281 e. The zero-order valence-electron chi connectivity index (χ0n) is 18.0. The highest BCUT2D eigenvalue weighted by molar-refractivity contribution is 7.12. The predicted octanol–water partition coefficient (Wildman–Crippen LogP) is 3.26. The molecule has 1 atom stereocenters. The summed E-state index contributed by atoms with van der Waals surface area (Å²) in [6.07, 6.45) is 1.73. The van der Waals surface area contributed by atoms with Crippen LogP contribution in [0.5, 0.6) is 0 Å². The third-order valence-corrected chi connectivity index (χ3v) is 6.90. The molecule has 0 saturated carbocycles. The molecule has 8 nitrogen and oxygen atoms in total. The maximum absolute atomic E-state index is 12.8. The molecular weight excluding hydrogens is 424 g/mol. The number of benzene rings is 1. The third-order valence-electron chi connectivity index (χ3n) is 6.04. The highest BCUT2D eigenvalue weighted by Crippen LogP contribution is 2.26. The summed E-state index contributed by atoms with van der Waals surface area (Å²) in [4.78, 5) is 35.8. The molecule has 1 fully saturated rings. The number of rotatable bonds is 4. The van der Waals surface area contributed by atoms with Gasteiger partial charge < -0.3 is 9.88 Å². The lowest BCUT2D eigenvalue weighted by atomic mass is 9.97. The topological polar surface area (TPSA) is 96.8 Å². The number of fused-ring (bicyclic) bond motifs is 1. The van der Waals surface area contributed by atoms with Crippen molar-refractivity contribution in [2.45, 2.75) is 39.2 Å². The van der Waals surface area contributed by atoms with E-state index in [1.807, 2.05) is 22.4 Å². The minimum Gasteiger partial charge on any atom is -0.337 e. The molecule has 3 aromatic heterocycles. The molecule has 9 heteroatoms. The molecule has 0 bridgehead atoms. The molecule has 4 heterocycles. The Bertz CT molecular complexity index is 1340. The second-order valence-corrected chi connectivity index (χ2v) is 9.32. The molecule has 1 saturated heterocycles. The van der Waals surface area contributed by atoms with E-state index in [1.165, 1.54) is 16.9 Å². The van der Waals surface area contributed by atoms with Gasteiger partial charge in [-0.3, -0.25) is 9.59 Å². The van der Waals surface area contributed by atoms with Gasteiger partial charge in [-0.05, 0) is 49.3 Å². The van der Waals surface area contributed by atoms with Crippen LogP contribution in [-0.2, 0) is 6.54 Å². The van der Waals surface area contributed by atoms with Gasteiger partial charge in [0.25, 0.3) is 11.5 Å². The number of carbonyl (C=O) groups excluding carboxylic acids is 1. The highest BCUT2D eigenvalue weighted by Gasteiger charge is 2.28. The van der Waals surface area contributed by atoms with E-state index in [0.29, 0.717) is 31.1 Å². The van der Waals surface area contributed by atoms with Crippen molar-refractivity contribution in [2.75, 3.05) is 13.1 Å². The molecule has 1 aliphatic rings. The Hall–Kier alpha value is -3.33. The SMILES string of the molecule is Cc1ccc(C)c(Cn2nnc3c(=O)[nH]c([C@H]4CCCN(C(=O)c5cccs5)C4)nc32)c1. The van der Waals surface area contributed by atoms with Crippen LogP contribution in [0.25, 0.3) is 11.2 Å². The number of likely N-dealkylation sites (tertiary alicyclic amines) is 1. The van der Waals surface area contributed by atoms with Crippen LogP contribution in [0, 0.1) is 13.8 Å². The number of H-pyrrole nitrogens is 1. The van der Waals surface area contributed by atoms with E-state index in [1.54, 1.807) is 4.68 Å². The minimum atomic E-state index is -0.293. The summed E-state index contributed by atoms with van der Waals surface area (Å²) >= 11 is 1.45. The molecule has 0 aliphatic carbocycles. The first-order chi connectivity index (χ1) is 15.5. The third kappa shape index (κ3) is 3.84. The molecule has 1 aliphatic heterocycles. The molecule has 164 valence electrons. The summed E-state index contributed by atoms with van der Waals surface area (Å²) < 4.78 is 1.69. The first-order valence-corrected chi connectivity index (χ1v) is 11.6. The largest absolute Gasteiger partial charge is 0.337 e. The molecule has 0 spiro atoms. The van der Waals surface area contributed by atoms with Gasteiger partial charge in [0, 0.05) is 19.0 Å². The Morgan fingerprint density at radius 1 is 1.28 bits per heavy atom. The second-order valence-electron chi connectivity index (χ2n) is 8.37. The summed E-state index contributed by atoms with van der Waals surface area (Å²) in [6, 6.07) is 10.0. The first-order valence-electron chi connectivity index (χ1n) is 10.7. The van der Waals surface area contributed by atoms with Crippen molar-refractivity contribution >= 4 is 28.4 Å². The van der Waals surface area contributed by atoms with Crippen LogP contribution in [0.1, 0.15) is 50.9 Å². The number of carbonyl (C=O) groups is 1. The summed E-state index contributed by atoms with van der Waals surface area (Å²) in [5.74, 6) is 0.597. The Balaban J connectivity index is 1.46. The summed E-state index contributed by atoms with van der Waals surface area (Å²) in [6.45, 7) is 5.85. The van der Waals surface area contributed by atoms with Crippen LogP contribution in [0.4, 0.5) is 0 Å². The molecule has 0 unspecified atom stereocenters. The van der Waals surface area contributed by atoms with Crippen molar-refractivity contribution in [3.05, 3.63) is 73.5 Å². The van der Waals surface area contributed by atoms with Gasteiger partial charge in [-0.1, -0.05) is 35.0 Å². The standard InChI is InChI=1S/C23H24N6O2S/c1-14-7-8-15(2)17(11-14)13-29-21-19(26-27-29)22(30)25-20(24-21)16-5-3-9-28(12-16)23(31)18-6-4-10-32-18/h4,6-8,10-11,16H,3,5,9,12-13H2,1-2H3,(H,24,25,30)/t16-/m0/s1. The van der Waals surface area contributed by atoms with E-state index in [0.717, 1.165) is 28.8 Å². The van der Waals surface area contributed by atoms with E-state index >= 15 is 0 Å². The molecular formula is C23H24N6O2S. The Morgan fingerprint density at radius 2 is 2.16 bits per heavy atom. The van der Waals surface area contributed by atoms with Gasteiger partial charge in [0.2, 0.25) is 0 Å². The maximum atomic E-state index is 12.8. The molecule has 5 rings (SSSR count). The quantitative estimate of drug-likeness (QED) is 0.517. The second kappa shape index (κ2) is 8.31. The van der Waals surface area contributed by atoms with Crippen molar-refractivity contribution in [3.63, 3.8) is 0 Å². The van der Waals surface area contributed by atoms with E-state index in [9.17, 15) is 9.59 Å². The Labute approximate surface area is 188 Å². The van der Waals surface area contributed by atoms with Crippen molar-refractivity contribution < 1.29 is 4.79 Å². The fourth-order valence-electron chi connectivity index (χ4n) is 4.26. The van der Waals surface area contributed by atoms with E-state index < -0.39 is 0 Å². The zero-order chi connectivity index (χ0) is 22.2. The fourth-order valence-corrected chi connectivity index (χ4v) is 4.95. The summed E-state index contributed by atoms with van der Waals surface area (Å²) in [5, 5.41) is 10.2. The number of nitrogens with zero attached hydrogens (tertiary/aromatic N) is 5. The number of piperidine rings is 1. The fraction of sp³-hybridized carbons (Fsp3) is 0.348. The average molecular weight is 449 g/mol. The number of aromatic nitrogens is 5. The van der Waals surface area contributed by atoms with Gasteiger partial charge in [0.15, 0.2) is 11.2 Å². The minimum absolute atomic E-state index is 0.0335. The van der Waals surface area contributed by atoms with Crippen LogP contribution < -0.4 is 5.56 Å². The van der Waals surface area contributed by atoms with Crippen LogP contribution in [-0.4, -0.2) is 48.9 Å². The number of nitrogens with one attached hydrogen (secondary N) is 1. The van der Waals surface area contributed by atoms with E-state index in [4.69, 9.17) is 4.98 Å². The lowest BCUT2D eigenvalue weighted by Crippen LogP contribution is -2.39. The van der Waals surface area contributed by atoms with Crippen LogP contribution in [0.2, 0.25) is 0 Å². The molecule has 0 radical (unpaired) electrons. The molecule has 1 aromatic carbocycles. The van der Waals surface area contributed by atoms with Crippen LogP contribution >= 0.6 is 11.3 Å². The number of amides is 1. The molecule has 4 aromatic rings. The van der Waals surface area contributed by atoms with Gasteiger partial charge in [-0.15, -0.1) is 16.4 Å². The van der Waals surface area contributed by atoms with Crippen molar-refractivity contribution in [3.8, 4) is 0 Å². The molecule has 1 amide bonds. The van der Waals surface area contributed by atoms with Crippen LogP contribution in [0.15, 0.2) is 40.5 Å². The van der Waals surface area contributed by atoms with E-state index in [-0.39, 0.29) is 22.9 Å². The van der Waals surface area contributed by atoms with E-state index in [2.05, 4.69) is 47.3 Å². The first kappa shape index (κ1) is 20.6. The molecule has 32 heavy (non-hydrogen) atoms. The average Bonchev–Trinajstić information content (AvgIpc) is 3.47. The van der Waals surface area contributed by atoms with Gasteiger partial charge in [0.1, 0.15) is 5.82 Å². The number of thiophene rings is 1. The lowest BCUT2D eigenvalue weighted by Gasteiger charge is -2.31. The van der Waals surface area contributed by atoms with Gasteiger partial charge in [-0.2, -0.15) is 0 Å². The number of hydrogen-bond donors (Lipinski definition) is 1. The maximum Gasteiger partial charge on any atom is 0.281 e. The number of aryl methyl sites for hydroxylation is 2. The Kier molecular flexibility index (Phi) is 5.34. The number of hydrogen-bond acceptors (Lipinski definition) is 6. The summed E-state index contributed by atoms with van der Waals surface area (Å²) in [7, 11) is 0. The zero-order valence-corrected chi connectivity index (χ0v) is 18.9. The highest BCUT2D eigenvalue weighted by atomic mass is 32.1. The molecule has 1 N–H and O–H groups in total. The van der Waals surface area contributed by atoms with Gasteiger partial charge in [-0.25, -0.2) is 9.67 Å². The monoisotopic (exact) mass is 448 g/mol.